The summed E-state index contributed by atoms with van der Waals surface area (Å²) in [5.74, 6) is 0.105. The van der Waals surface area contributed by atoms with Crippen molar-refractivity contribution in [2.45, 2.75) is 19.6 Å². The maximum absolute atomic E-state index is 12.6. The van der Waals surface area contributed by atoms with E-state index < -0.39 is 0 Å². The lowest BCUT2D eigenvalue weighted by atomic mass is 9.99. The van der Waals surface area contributed by atoms with Gasteiger partial charge in [-0.3, -0.25) is 4.79 Å². The van der Waals surface area contributed by atoms with E-state index in [2.05, 4.69) is 18.2 Å². The zero-order valence-corrected chi connectivity index (χ0v) is 12.2. The van der Waals surface area contributed by atoms with E-state index in [1.807, 2.05) is 35.2 Å². The van der Waals surface area contributed by atoms with Gasteiger partial charge in [-0.15, -0.1) is 0 Å². The van der Waals surface area contributed by atoms with E-state index in [1.165, 1.54) is 11.1 Å². The summed E-state index contributed by atoms with van der Waals surface area (Å²) in [6.07, 6.45) is 0.934. The maximum Gasteiger partial charge on any atom is 0.254 e. The van der Waals surface area contributed by atoms with Crippen LogP contribution in [0.15, 0.2) is 48.5 Å². The molecular formula is C18H19NO2. The zero-order valence-electron chi connectivity index (χ0n) is 12.2. The van der Waals surface area contributed by atoms with Crippen LogP contribution < -0.4 is 0 Å². The predicted octanol–water partition coefficient (Wildman–Crippen LogP) is 3.03. The molecule has 3 rings (SSSR count). The molecule has 0 fully saturated rings. The molecule has 0 radical (unpaired) electrons. The smallest absolute Gasteiger partial charge is 0.254 e. The second kappa shape index (κ2) is 6.10. The third-order valence-electron chi connectivity index (χ3n) is 3.93. The van der Waals surface area contributed by atoms with E-state index in [4.69, 9.17) is 4.74 Å². The summed E-state index contributed by atoms with van der Waals surface area (Å²) in [5.41, 5.74) is 4.44. The van der Waals surface area contributed by atoms with Gasteiger partial charge in [0.05, 0.1) is 6.61 Å². The highest BCUT2D eigenvalue weighted by molar-refractivity contribution is 5.94. The number of carbonyl (C=O) groups excluding carboxylic acids is 1. The minimum atomic E-state index is 0.105. The van der Waals surface area contributed by atoms with Crippen LogP contribution in [0, 0.1) is 0 Å². The molecule has 108 valence electrons. The minimum Gasteiger partial charge on any atom is -0.380 e. The maximum atomic E-state index is 12.6. The first-order valence-corrected chi connectivity index (χ1v) is 7.22. The molecule has 2 aromatic carbocycles. The van der Waals surface area contributed by atoms with Crippen molar-refractivity contribution in [3.8, 4) is 0 Å². The van der Waals surface area contributed by atoms with Crippen molar-refractivity contribution in [2.75, 3.05) is 13.7 Å². The van der Waals surface area contributed by atoms with E-state index in [0.717, 1.165) is 24.1 Å². The Morgan fingerprint density at radius 2 is 1.81 bits per heavy atom. The number of amides is 1. The van der Waals surface area contributed by atoms with Gasteiger partial charge in [0.25, 0.3) is 5.91 Å². The Morgan fingerprint density at radius 1 is 1.10 bits per heavy atom. The lowest BCUT2D eigenvalue weighted by Gasteiger charge is -2.29. The highest BCUT2D eigenvalue weighted by Crippen LogP contribution is 2.20. The van der Waals surface area contributed by atoms with Gasteiger partial charge < -0.3 is 9.64 Å². The van der Waals surface area contributed by atoms with Gasteiger partial charge in [0.1, 0.15) is 0 Å². The second-order valence-electron chi connectivity index (χ2n) is 5.38. The summed E-state index contributed by atoms with van der Waals surface area (Å²) in [7, 11) is 1.67. The van der Waals surface area contributed by atoms with E-state index in [0.29, 0.717) is 13.2 Å². The van der Waals surface area contributed by atoms with Gasteiger partial charge in [-0.1, -0.05) is 36.4 Å². The predicted molar refractivity (Wildman–Crippen MR) is 82.0 cm³/mol. The number of benzene rings is 2. The summed E-state index contributed by atoms with van der Waals surface area (Å²) in [5, 5.41) is 0. The molecule has 1 aliphatic rings. The molecule has 0 spiro atoms. The SMILES string of the molecule is COCc1ccc(C(=O)N2CCc3ccccc3C2)cc1. The molecule has 21 heavy (non-hydrogen) atoms. The van der Waals surface area contributed by atoms with Crippen molar-refractivity contribution < 1.29 is 9.53 Å². The average Bonchev–Trinajstić information content (AvgIpc) is 2.55. The van der Waals surface area contributed by atoms with Gasteiger partial charge in [-0.05, 0) is 35.2 Å². The van der Waals surface area contributed by atoms with Crippen molar-refractivity contribution in [1.29, 1.82) is 0 Å². The van der Waals surface area contributed by atoms with Crippen LogP contribution in [-0.2, 0) is 24.3 Å². The first-order valence-electron chi connectivity index (χ1n) is 7.22. The van der Waals surface area contributed by atoms with Gasteiger partial charge in [-0.2, -0.15) is 0 Å². The fourth-order valence-electron chi connectivity index (χ4n) is 2.76. The van der Waals surface area contributed by atoms with Crippen LogP contribution >= 0.6 is 0 Å². The molecule has 3 nitrogen and oxygen atoms in total. The molecule has 0 unspecified atom stereocenters. The van der Waals surface area contributed by atoms with Crippen LogP contribution in [0.25, 0.3) is 0 Å². The number of nitrogens with zero attached hydrogens (tertiary/aromatic N) is 1. The van der Waals surface area contributed by atoms with E-state index in [9.17, 15) is 4.79 Å². The topological polar surface area (TPSA) is 29.5 Å². The largest absolute Gasteiger partial charge is 0.380 e. The van der Waals surface area contributed by atoms with Crippen LogP contribution in [-0.4, -0.2) is 24.5 Å². The van der Waals surface area contributed by atoms with Crippen molar-refractivity contribution in [3.05, 3.63) is 70.8 Å². The molecule has 1 heterocycles. The Bertz CT molecular complexity index is 634. The number of hydrogen-bond donors (Lipinski definition) is 0. The van der Waals surface area contributed by atoms with Crippen LogP contribution in [0.1, 0.15) is 27.0 Å². The third-order valence-corrected chi connectivity index (χ3v) is 3.93. The van der Waals surface area contributed by atoms with E-state index in [1.54, 1.807) is 7.11 Å². The van der Waals surface area contributed by atoms with Gasteiger partial charge in [-0.25, -0.2) is 0 Å². The Morgan fingerprint density at radius 3 is 2.52 bits per heavy atom. The molecule has 0 aromatic heterocycles. The number of fused-ring (bicyclic) bond motifs is 1. The minimum absolute atomic E-state index is 0.105. The molecule has 0 bridgehead atoms. The number of rotatable bonds is 3. The van der Waals surface area contributed by atoms with Crippen molar-refractivity contribution in [2.24, 2.45) is 0 Å². The fraction of sp³-hybridized carbons (Fsp3) is 0.278. The zero-order chi connectivity index (χ0) is 14.7. The summed E-state index contributed by atoms with van der Waals surface area (Å²) < 4.78 is 5.09. The monoisotopic (exact) mass is 281 g/mol. The van der Waals surface area contributed by atoms with Gasteiger partial charge >= 0.3 is 0 Å². The molecule has 0 saturated carbocycles. The highest BCUT2D eigenvalue weighted by Gasteiger charge is 2.21. The van der Waals surface area contributed by atoms with E-state index >= 15 is 0 Å². The van der Waals surface area contributed by atoms with Crippen molar-refractivity contribution in [3.63, 3.8) is 0 Å². The molecule has 0 aliphatic carbocycles. The molecule has 0 N–H and O–H groups in total. The highest BCUT2D eigenvalue weighted by atomic mass is 16.5. The molecule has 0 atom stereocenters. The summed E-state index contributed by atoms with van der Waals surface area (Å²) in [6.45, 7) is 2.07. The molecular weight excluding hydrogens is 262 g/mol. The quantitative estimate of drug-likeness (QED) is 0.865. The summed E-state index contributed by atoms with van der Waals surface area (Å²) >= 11 is 0. The fourth-order valence-corrected chi connectivity index (χ4v) is 2.76. The molecule has 1 aliphatic heterocycles. The van der Waals surface area contributed by atoms with E-state index in [-0.39, 0.29) is 5.91 Å². The number of ether oxygens (including phenoxy) is 1. The van der Waals surface area contributed by atoms with Crippen LogP contribution in [0.5, 0.6) is 0 Å². The molecule has 2 aromatic rings. The normalized spacial score (nSPS) is 13.9. The van der Waals surface area contributed by atoms with Gasteiger partial charge in [0, 0.05) is 25.8 Å². The summed E-state index contributed by atoms with van der Waals surface area (Å²) in [6, 6.07) is 16.0. The third kappa shape index (κ3) is 2.98. The van der Waals surface area contributed by atoms with Crippen molar-refractivity contribution >= 4 is 5.91 Å². The Kier molecular flexibility index (Phi) is 4.02. The first kappa shape index (κ1) is 13.8. The number of hydrogen-bond acceptors (Lipinski definition) is 2. The lowest BCUT2D eigenvalue weighted by Crippen LogP contribution is -2.35. The first-order chi connectivity index (χ1) is 10.3. The average molecular weight is 281 g/mol. The molecule has 0 saturated heterocycles. The standard InChI is InChI=1S/C18H19NO2/c1-21-13-14-6-8-16(9-7-14)18(20)19-11-10-15-4-2-3-5-17(15)12-19/h2-9H,10-13H2,1H3. The van der Waals surface area contributed by atoms with Crippen LogP contribution in [0.2, 0.25) is 0 Å². The van der Waals surface area contributed by atoms with Gasteiger partial charge in [0.2, 0.25) is 0 Å². The lowest BCUT2D eigenvalue weighted by molar-refractivity contribution is 0.0734. The molecule has 1 amide bonds. The Labute approximate surface area is 125 Å². The molecule has 3 heteroatoms. The van der Waals surface area contributed by atoms with Crippen molar-refractivity contribution in [1.82, 2.24) is 4.90 Å². The Balaban J connectivity index is 1.74. The van der Waals surface area contributed by atoms with Crippen LogP contribution in [0.4, 0.5) is 0 Å². The Hall–Kier alpha value is -2.13. The summed E-state index contributed by atoms with van der Waals surface area (Å²) in [4.78, 5) is 14.5. The second-order valence-corrected chi connectivity index (χ2v) is 5.38. The van der Waals surface area contributed by atoms with Crippen LogP contribution in [0.3, 0.4) is 0 Å². The number of methoxy groups -OCH3 is 1. The number of carbonyl (C=O) groups is 1. The van der Waals surface area contributed by atoms with Gasteiger partial charge in [0.15, 0.2) is 0 Å².